The van der Waals surface area contributed by atoms with Crippen LogP contribution in [0.25, 0.3) is 0 Å². The van der Waals surface area contributed by atoms with Gasteiger partial charge < -0.3 is 9.72 Å². The summed E-state index contributed by atoms with van der Waals surface area (Å²) in [6.07, 6.45) is -1.07. The van der Waals surface area contributed by atoms with Gasteiger partial charge >= 0.3 is 5.97 Å². The summed E-state index contributed by atoms with van der Waals surface area (Å²) in [4.78, 5) is 39.5. The van der Waals surface area contributed by atoms with Crippen molar-refractivity contribution in [2.75, 3.05) is 0 Å². The lowest BCUT2D eigenvalue weighted by molar-refractivity contribution is 0.0317. The maximum Gasteiger partial charge on any atom is 0.341 e. The van der Waals surface area contributed by atoms with Gasteiger partial charge in [-0.1, -0.05) is 29.3 Å². The van der Waals surface area contributed by atoms with Gasteiger partial charge in [0.25, 0.3) is 0 Å². The number of aryl methyl sites for hydroxylation is 1. The number of rotatable bonds is 5. The molecule has 0 saturated carbocycles. The van der Waals surface area contributed by atoms with Crippen LogP contribution in [0.4, 0.5) is 0 Å². The third kappa shape index (κ3) is 3.78. The molecule has 0 spiro atoms. The van der Waals surface area contributed by atoms with Crippen LogP contribution in [0.3, 0.4) is 0 Å². The number of ether oxygens (including phenoxy) is 1. The molecule has 2 aromatic rings. The summed E-state index contributed by atoms with van der Waals surface area (Å²) in [6, 6.07) is 4.62. The highest BCUT2D eigenvalue weighted by molar-refractivity contribution is 6.39. The van der Waals surface area contributed by atoms with Crippen LogP contribution in [0, 0.1) is 13.8 Å². The number of benzene rings is 1. The zero-order chi connectivity index (χ0) is 18.9. The number of ketones is 2. The largest absolute Gasteiger partial charge is 0.451 e. The molecule has 0 unspecified atom stereocenters. The fraction of sp³-hybridized carbons (Fsp3) is 0.278. The summed E-state index contributed by atoms with van der Waals surface area (Å²) in [6.45, 7) is 6.27. The number of halogens is 2. The van der Waals surface area contributed by atoms with E-state index in [9.17, 15) is 14.4 Å². The van der Waals surface area contributed by atoms with Gasteiger partial charge in [-0.05, 0) is 45.4 Å². The summed E-state index contributed by atoms with van der Waals surface area (Å²) in [5.41, 5.74) is 1.85. The van der Waals surface area contributed by atoms with E-state index in [1.54, 1.807) is 19.9 Å². The van der Waals surface area contributed by atoms with E-state index in [1.165, 1.54) is 26.0 Å². The Balaban J connectivity index is 2.26. The van der Waals surface area contributed by atoms with Crippen molar-refractivity contribution >= 4 is 40.7 Å². The summed E-state index contributed by atoms with van der Waals surface area (Å²) >= 11 is 11.9. The van der Waals surface area contributed by atoms with E-state index < -0.39 is 17.9 Å². The Bertz CT molecular complexity index is 850. The van der Waals surface area contributed by atoms with Crippen LogP contribution in [0.5, 0.6) is 0 Å². The summed E-state index contributed by atoms with van der Waals surface area (Å²) in [5, 5.41) is 0.283. The first-order chi connectivity index (χ1) is 11.6. The number of carbonyl (C=O) groups is 3. The molecule has 5 nitrogen and oxygen atoms in total. The number of Topliss-reactive ketones (excluding diaryl/α,β-unsaturated/α-hetero) is 2. The predicted molar refractivity (Wildman–Crippen MR) is 95.9 cm³/mol. The van der Waals surface area contributed by atoms with Crippen LogP contribution < -0.4 is 0 Å². The minimum Gasteiger partial charge on any atom is -0.451 e. The molecule has 132 valence electrons. The van der Waals surface area contributed by atoms with E-state index in [0.29, 0.717) is 16.8 Å². The number of hydrogen-bond acceptors (Lipinski definition) is 4. The van der Waals surface area contributed by atoms with Gasteiger partial charge in [0.2, 0.25) is 5.78 Å². The molecule has 0 aliphatic rings. The third-order valence-corrected chi connectivity index (χ3v) is 4.49. The number of hydrogen-bond donors (Lipinski definition) is 1. The van der Waals surface area contributed by atoms with Crippen molar-refractivity contribution < 1.29 is 19.1 Å². The van der Waals surface area contributed by atoms with Crippen LogP contribution >= 0.6 is 23.2 Å². The number of carbonyl (C=O) groups excluding carboxylic acids is 3. The van der Waals surface area contributed by atoms with Gasteiger partial charge in [-0.2, -0.15) is 0 Å². The molecule has 0 saturated heterocycles. The predicted octanol–water partition coefficient (Wildman–Crippen LogP) is 4.57. The molecule has 0 amide bonds. The number of aromatic nitrogens is 1. The van der Waals surface area contributed by atoms with Crippen LogP contribution in [-0.2, 0) is 4.74 Å². The van der Waals surface area contributed by atoms with Gasteiger partial charge in [0.15, 0.2) is 11.9 Å². The van der Waals surface area contributed by atoms with Crippen molar-refractivity contribution in [2.24, 2.45) is 0 Å². The van der Waals surface area contributed by atoms with Crippen LogP contribution in [-0.4, -0.2) is 28.6 Å². The van der Waals surface area contributed by atoms with Crippen molar-refractivity contribution in [1.82, 2.24) is 4.98 Å². The third-order valence-electron chi connectivity index (χ3n) is 3.86. The van der Waals surface area contributed by atoms with Crippen molar-refractivity contribution in [3.63, 3.8) is 0 Å². The quantitative estimate of drug-likeness (QED) is 0.607. The van der Waals surface area contributed by atoms with Gasteiger partial charge in [-0.15, -0.1) is 0 Å². The monoisotopic (exact) mass is 381 g/mol. The number of H-pyrrole nitrogens is 1. The maximum absolute atomic E-state index is 12.6. The first-order valence-corrected chi connectivity index (χ1v) is 8.30. The molecule has 7 heteroatoms. The standard InChI is InChI=1S/C18H17Cl2NO4/c1-8-14(10(3)22)9(2)21-16(8)17(23)11(4)25-18(24)15-12(19)6-5-7-13(15)20/h5-7,11,21H,1-4H3/t11-/m1/s1. The number of aromatic amines is 1. The molecule has 0 aliphatic heterocycles. The highest BCUT2D eigenvalue weighted by atomic mass is 35.5. The van der Waals surface area contributed by atoms with E-state index in [-0.39, 0.29) is 27.1 Å². The molecular formula is C18H17Cl2NO4. The van der Waals surface area contributed by atoms with E-state index in [2.05, 4.69) is 4.98 Å². The van der Waals surface area contributed by atoms with Crippen molar-refractivity contribution in [1.29, 1.82) is 0 Å². The first kappa shape index (κ1) is 19.2. The van der Waals surface area contributed by atoms with Gasteiger partial charge in [-0.3, -0.25) is 9.59 Å². The van der Waals surface area contributed by atoms with Crippen molar-refractivity contribution in [3.8, 4) is 0 Å². The molecular weight excluding hydrogens is 365 g/mol. The van der Waals surface area contributed by atoms with Crippen molar-refractivity contribution in [2.45, 2.75) is 33.8 Å². The lowest BCUT2D eigenvalue weighted by Crippen LogP contribution is -2.25. The molecule has 25 heavy (non-hydrogen) atoms. The normalized spacial score (nSPS) is 11.9. The average Bonchev–Trinajstić information content (AvgIpc) is 2.80. The van der Waals surface area contributed by atoms with Gasteiger partial charge in [0.05, 0.1) is 21.3 Å². The Hall–Kier alpha value is -2.11. The van der Waals surface area contributed by atoms with Gasteiger partial charge in [-0.25, -0.2) is 4.79 Å². The molecule has 1 atom stereocenters. The Morgan fingerprint density at radius 2 is 1.64 bits per heavy atom. The van der Waals surface area contributed by atoms with Gasteiger partial charge in [0.1, 0.15) is 0 Å². The Labute approximate surface area is 155 Å². The number of nitrogens with one attached hydrogen (secondary N) is 1. The molecule has 1 N–H and O–H groups in total. The second-order valence-corrected chi connectivity index (χ2v) is 6.50. The minimum atomic E-state index is -1.07. The van der Waals surface area contributed by atoms with E-state index in [0.717, 1.165) is 0 Å². The minimum absolute atomic E-state index is 0.00861. The van der Waals surface area contributed by atoms with Crippen LogP contribution in [0.2, 0.25) is 10.0 Å². The summed E-state index contributed by atoms with van der Waals surface area (Å²) in [5.74, 6) is -1.37. The van der Waals surface area contributed by atoms with Gasteiger partial charge in [0, 0.05) is 11.3 Å². The Morgan fingerprint density at radius 1 is 1.08 bits per heavy atom. The molecule has 2 rings (SSSR count). The molecule has 0 bridgehead atoms. The SMILES string of the molecule is CC(=O)c1c(C)[nH]c(C(=O)[C@@H](C)OC(=O)c2c(Cl)cccc2Cl)c1C. The topological polar surface area (TPSA) is 76.2 Å². The fourth-order valence-electron chi connectivity index (χ4n) is 2.69. The molecule has 0 aliphatic carbocycles. The highest BCUT2D eigenvalue weighted by Gasteiger charge is 2.27. The average molecular weight is 382 g/mol. The second kappa shape index (κ2) is 7.42. The Kier molecular flexibility index (Phi) is 5.70. The summed E-state index contributed by atoms with van der Waals surface area (Å²) in [7, 11) is 0. The number of esters is 1. The highest BCUT2D eigenvalue weighted by Crippen LogP contribution is 2.26. The maximum atomic E-state index is 12.6. The first-order valence-electron chi connectivity index (χ1n) is 7.54. The Morgan fingerprint density at radius 3 is 2.12 bits per heavy atom. The molecule has 1 heterocycles. The van der Waals surface area contributed by atoms with E-state index in [4.69, 9.17) is 27.9 Å². The second-order valence-electron chi connectivity index (χ2n) is 5.69. The lowest BCUT2D eigenvalue weighted by atomic mass is 10.0. The van der Waals surface area contributed by atoms with Crippen LogP contribution in [0.1, 0.15) is 56.3 Å². The van der Waals surface area contributed by atoms with Crippen molar-refractivity contribution in [3.05, 3.63) is 56.3 Å². The van der Waals surface area contributed by atoms with Crippen LogP contribution in [0.15, 0.2) is 18.2 Å². The zero-order valence-corrected chi connectivity index (χ0v) is 15.7. The fourth-order valence-corrected chi connectivity index (χ4v) is 3.25. The van der Waals surface area contributed by atoms with E-state index in [1.807, 2.05) is 0 Å². The lowest BCUT2D eigenvalue weighted by Gasteiger charge is -2.13. The molecule has 0 fully saturated rings. The molecule has 1 aromatic carbocycles. The summed E-state index contributed by atoms with van der Waals surface area (Å²) < 4.78 is 5.22. The van der Waals surface area contributed by atoms with E-state index >= 15 is 0 Å². The molecule has 1 aromatic heterocycles. The zero-order valence-electron chi connectivity index (χ0n) is 14.2. The smallest absolute Gasteiger partial charge is 0.341 e. The molecule has 0 radical (unpaired) electrons.